The first kappa shape index (κ1) is 28.2. The Balaban J connectivity index is 0.00000272. The molecular formula is C20H16Na2O6S4. The van der Waals surface area contributed by atoms with Gasteiger partial charge in [-0.1, -0.05) is 70.1 Å². The quantitative estimate of drug-likeness (QED) is 0.204. The molecule has 0 fully saturated rings. The standard InChI is InChI=1S/C20H14O6S4.2Na.2H/c21-29(22,23)17-11-3-7-13-5-1-9-15(19(13)17)27-28-16-10-2-6-14-8-4-12-18(20(14)16)30(24,25)26;;;;/h1-12H,(H,21,22,23)(H,24,25,26);;;;/q;2*+1;2*-1. The molecule has 158 valence electrons. The van der Waals surface area contributed by atoms with Crippen LogP contribution in [0, 0.1) is 0 Å². The molecular weight excluding hydrogens is 510 g/mol. The van der Waals surface area contributed by atoms with Crippen LogP contribution < -0.4 is 59.1 Å². The van der Waals surface area contributed by atoms with Crippen molar-refractivity contribution in [3.63, 3.8) is 0 Å². The first-order valence-corrected chi connectivity index (χ1v) is 13.5. The zero-order chi connectivity index (χ0) is 21.5. The van der Waals surface area contributed by atoms with Crippen LogP contribution in [-0.4, -0.2) is 25.9 Å². The monoisotopic (exact) mass is 526 g/mol. The van der Waals surface area contributed by atoms with E-state index in [0.717, 1.165) is 0 Å². The van der Waals surface area contributed by atoms with Gasteiger partial charge in [-0.15, -0.1) is 0 Å². The van der Waals surface area contributed by atoms with Crippen molar-refractivity contribution in [2.75, 3.05) is 0 Å². The third-order valence-electron chi connectivity index (χ3n) is 4.43. The van der Waals surface area contributed by atoms with Crippen molar-refractivity contribution in [2.45, 2.75) is 19.6 Å². The van der Waals surface area contributed by atoms with Crippen LogP contribution in [0.2, 0.25) is 0 Å². The Morgan fingerprint density at radius 1 is 0.562 bits per heavy atom. The normalized spacial score (nSPS) is 11.7. The van der Waals surface area contributed by atoms with Crippen LogP contribution >= 0.6 is 21.6 Å². The summed E-state index contributed by atoms with van der Waals surface area (Å²) in [4.78, 5) is 0.791. The zero-order valence-corrected chi connectivity index (χ0v) is 24.4. The van der Waals surface area contributed by atoms with Crippen LogP contribution in [0.15, 0.2) is 92.4 Å². The van der Waals surface area contributed by atoms with Crippen LogP contribution in [-0.2, 0) is 20.2 Å². The minimum Gasteiger partial charge on any atom is -1.00 e. The SMILES string of the molecule is O=S(=O)(O)c1cccc2cccc(SSc3cccc4cccc(S(=O)(=O)O)c34)c12.[H-].[H-].[Na+].[Na+]. The van der Waals surface area contributed by atoms with E-state index in [1.807, 2.05) is 0 Å². The van der Waals surface area contributed by atoms with E-state index in [-0.39, 0.29) is 71.8 Å². The van der Waals surface area contributed by atoms with E-state index in [1.54, 1.807) is 60.7 Å². The molecule has 6 nitrogen and oxygen atoms in total. The van der Waals surface area contributed by atoms with Crippen molar-refractivity contribution in [2.24, 2.45) is 0 Å². The fourth-order valence-electron chi connectivity index (χ4n) is 3.20. The minimum absolute atomic E-state index is 0. The van der Waals surface area contributed by atoms with Crippen molar-refractivity contribution < 1.29 is 87.9 Å². The molecule has 4 aromatic rings. The Labute approximate surface area is 241 Å². The van der Waals surface area contributed by atoms with Crippen molar-refractivity contribution in [3.8, 4) is 0 Å². The van der Waals surface area contributed by atoms with Gasteiger partial charge in [0, 0.05) is 20.6 Å². The molecule has 0 aliphatic heterocycles. The molecule has 0 saturated heterocycles. The predicted molar refractivity (Wildman–Crippen MR) is 121 cm³/mol. The molecule has 0 saturated carbocycles. The Hall–Kier alpha value is -0.0800. The van der Waals surface area contributed by atoms with Gasteiger partial charge in [0.15, 0.2) is 0 Å². The molecule has 0 amide bonds. The van der Waals surface area contributed by atoms with Gasteiger partial charge in [-0.3, -0.25) is 9.11 Å². The molecule has 0 spiro atoms. The summed E-state index contributed by atoms with van der Waals surface area (Å²) in [7, 11) is -6.40. The predicted octanol–water partition coefficient (Wildman–Crippen LogP) is -0.481. The molecule has 12 heteroatoms. The van der Waals surface area contributed by atoms with Crippen molar-refractivity contribution in [1.82, 2.24) is 0 Å². The van der Waals surface area contributed by atoms with Crippen molar-refractivity contribution >= 4 is 63.4 Å². The number of fused-ring (bicyclic) bond motifs is 2. The Kier molecular flexibility index (Phi) is 9.77. The van der Waals surface area contributed by atoms with Crippen molar-refractivity contribution in [1.29, 1.82) is 0 Å². The largest absolute Gasteiger partial charge is 1.00 e. The fourth-order valence-corrected chi connectivity index (χ4v) is 7.25. The average Bonchev–Trinajstić information content (AvgIpc) is 2.69. The first-order chi connectivity index (χ1) is 14.2. The minimum atomic E-state index is -4.43. The van der Waals surface area contributed by atoms with Gasteiger partial charge in [-0.2, -0.15) is 16.8 Å². The molecule has 32 heavy (non-hydrogen) atoms. The number of hydrogen-bond donors (Lipinski definition) is 2. The molecule has 2 N–H and O–H groups in total. The maximum atomic E-state index is 11.8. The fraction of sp³-hybridized carbons (Fsp3) is 0. The van der Waals surface area contributed by atoms with Crippen LogP contribution in [0.3, 0.4) is 0 Å². The molecule has 0 unspecified atom stereocenters. The second-order valence-corrected chi connectivity index (χ2v) is 11.3. The summed E-state index contributed by atoms with van der Waals surface area (Å²) in [6.07, 6.45) is 0. The third-order valence-corrected chi connectivity index (χ3v) is 8.68. The van der Waals surface area contributed by atoms with Crippen LogP contribution in [0.4, 0.5) is 0 Å². The van der Waals surface area contributed by atoms with Crippen LogP contribution in [0.25, 0.3) is 21.5 Å². The van der Waals surface area contributed by atoms with Gasteiger partial charge in [0.05, 0.1) is 0 Å². The first-order valence-electron chi connectivity index (χ1n) is 8.49. The Bertz CT molecular complexity index is 1390. The van der Waals surface area contributed by atoms with E-state index >= 15 is 0 Å². The van der Waals surface area contributed by atoms with Gasteiger partial charge < -0.3 is 2.85 Å². The van der Waals surface area contributed by atoms with Gasteiger partial charge in [-0.05, 0) is 35.0 Å². The summed E-state index contributed by atoms with van der Waals surface area (Å²) in [6, 6.07) is 19.7. The number of hydrogen-bond acceptors (Lipinski definition) is 6. The molecule has 4 rings (SSSR count). The maximum absolute atomic E-state index is 11.8. The molecule has 0 aliphatic rings. The molecule has 0 aliphatic carbocycles. The van der Waals surface area contributed by atoms with Crippen LogP contribution in [0.5, 0.6) is 0 Å². The Morgan fingerprint density at radius 2 is 0.875 bits per heavy atom. The molecule has 0 bridgehead atoms. The van der Waals surface area contributed by atoms with E-state index in [4.69, 9.17) is 0 Å². The van der Waals surface area contributed by atoms with E-state index in [9.17, 15) is 25.9 Å². The molecule has 4 aromatic carbocycles. The van der Waals surface area contributed by atoms with E-state index in [0.29, 0.717) is 31.3 Å². The summed E-state index contributed by atoms with van der Waals surface area (Å²) in [5, 5.41) is 2.06. The van der Waals surface area contributed by atoms with Gasteiger partial charge >= 0.3 is 59.1 Å². The molecule has 0 radical (unpaired) electrons. The Morgan fingerprint density at radius 3 is 1.19 bits per heavy atom. The molecule has 0 heterocycles. The van der Waals surface area contributed by atoms with Crippen LogP contribution in [0.1, 0.15) is 2.85 Å². The van der Waals surface area contributed by atoms with E-state index < -0.39 is 20.2 Å². The number of rotatable bonds is 5. The zero-order valence-electron chi connectivity index (χ0n) is 19.1. The average molecular weight is 527 g/mol. The topological polar surface area (TPSA) is 109 Å². The second-order valence-electron chi connectivity index (χ2n) is 6.34. The van der Waals surface area contributed by atoms with E-state index in [1.165, 1.54) is 33.7 Å². The summed E-state index contributed by atoms with van der Waals surface area (Å²) in [5.74, 6) is 0. The smallest absolute Gasteiger partial charge is 1.00 e. The molecule has 0 aromatic heterocycles. The summed E-state index contributed by atoms with van der Waals surface area (Å²) < 4.78 is 66.6. The van der Waals surface area contributed by atoms with E-state index in [2.05, 4.69) is 0 Å². The van der Waals surface area contributed by atoms with Gasteiger partial charge in [0.2, 0.25) is 0 Å². The maximum Gasteiger partial charge on any atom is 1.00 e. The van der Waals surface area contributed by atoms with Gasteiger partial charge in [0.1, 0.15) is 9.79 Å². The molecule has 0 atom stereocenters. The summed E-state index contributed by atoms with van der Waals surface area (Å²) >= 11 is 0. The van der Waals surface area contributed by atoms with Gasteiger partial charge in [0.25, 0.3) is 20.2 Å². The number of benzene rings is 4. The van der Waals surface area contributed by atoms with Gasteiger partial charge in [-0.25, -0.2) is 0 Å². The van der Waals surface area contributed by atoms with Crippen molar-refractivity contribution in [3.05, 3.63) is 72.8 Å². The third kappa shape index (κ3) is 5.94. The summed E-state index contributed by atoms with van der Waals surface area (Å²) in [6.45, 7) is 0. The summed E-state index contributed by atoms with van der Waals surface area (Å²) in [5.41, 5.74) is 0. The second kappa shape index (κ2) is 11.1.